The van der Waals surface area contributed by atoms with Crippen LogP contribution in [0.2, 0.25) is 0 Å². The van der Waals surface area contributed by atoms with Gasteiger partial charge in [0.1, 0.15) is 48.0 Å². The number of primary amides is 1. The molecule has 0 bridgehead atoms. The van der Waals surface area contributed by atoms with Gasteiger partial charge in [0.15, 0.2) is 0 Å². The number of nitrogens with two attached hydrogens (primary N) is 2. The minimum atomic E-state index is -1.82. The molecular formula is C36H55N9O16. The summed E-state index contributed by atoms with van der Waals surface area (Å²) in [4.78, 5) is 126. The zero-order valence-electron chi connectivity index (χ0n) is 33.6. The van der Waals surface area contributed by atoms with Crippen LogP contribution in [-0.4, -0.2) is 158 Å². The number of aromatic hydroxyl groups is 1. The van der Waals surface area contributed by atoms with Crippen LogP contribution < -0.4 is 48.7 Å². The number of aliphatic hydroxyl groups is 3. The summed E-state index contributed by atoms with van der Waals surface area (Å²) in [6.45, 7) is 1.26. The number of aliphatic hydroxyl groups excluding tert-OH is 3. The summed E-state index contributed by atoms with van der Waals surface area (Å²) in [5, 5.41) is 72.1. The normalized spacial score (nSPS) is 15.3. The molecule has 0 unspecified atom stereocenters. The van der Waals surface area contributed by atoms with Gasteiger partial charge in [-0.1, -0.05) is 32.4 Å². The van der Waals surface area contributed by atoms with E-state index in [9.17, 15) is 68.4 Å². The molecule has 0 aliphatic heterocycles. The molecule has 8 amide bonds. The first kappa shape index (κ1) is 52.6. The van der Waals surface area contributed by atoms with Crippen LogP contribution in [0, 0.1) is 5.92 Å². The average Bonchev–Trinajstić information content (AvgIpc) is 3.20. The lowest BCUT2D eigenvalue weighted by Crippen LogP contribution is -2.61. The maximum absolute atomic E-state index is 13.4. The second-order valence-corrected chi connectivity index (χ2v) is 13.9. The molecule has 25 nitrogen and oxygen atoms in total. The summed E-state index contributed by atoms with van der Waals surface area (Å²) in [6.07, 6.45) is -1.48. The zero-order chi connectivity index (χ0) is 46.6. The quantitative estimate of drug-likeness (QED) is 0.0391. The number of aliphatic carboxylic acids is 2. The van der Waals surface area contributed by atoms with Crippen LogP contribution >= 0.6 is 0 Å². The maximum atomic E-state index is 13.4. The molecule has 17 N–H and O–H groups in total. The number of hydrogen-bond donors (Lipinski definition) is 15. The van der Waals surface area contributed by atoms with Crippen LogP contribution in [0.1, 0.15) is 52.0 Å². The highest BCUT2D eigenvalue weighted by molar-refractivity contribution is 5.98. The highest BCUT2D eigenvalue weighted by atomic mass is 16.4. The molecule has 0 saturated heterocycles. The van der Waals surface area contributed by atoms with Crippen molar-refractivity contribution in [1.29, 1.82) is 0 Å². The Labute approximate surface area is 348 Å². The molecule has 0 aliphatic carbocycles. The van der Waals surface area contributed by atoms with E-state index in [0.717, 1.165) is 6.92 Å². The number of carboxylic acid groups (broad SMARTS) is 2. The molecule has 9 atom stereocenters. The summed E-state index contributed by atoms with van der Waals surface area (Å²) in [7, 11) is 0. The van der Waals surface area contributed by atoms with E-state index >= 15 is 0 Å². The zero-order valence-corrected chi connectivity index (χ0v) is 33.6. The Hall–Kier alpha value is -6.44. The minimum Gasteiger partial charge on any atom is -0.508 e. The highest BCUT2D eigenvalue weighted by Crippen LogP contribution is 2.13. The van der Waals surface area contributed by atoms with Gasteiger partial charge in [0, 0.05) is 12.8 Å². The monoisotopic (exact) mass is 869 g/mol. The summed E-state index contributed by atoms with van der Waals surface area (Å²) in [5.41, 5.74) is 11.4. The van der Waals surface area contributed by atoms with Gasteiger partial charge in [-0.05, 0) is 37.0 Å². The number of benzene rings is 1. The Kier molecular flexibility index (Phi) is 22.3. The number of amides is 8. The maximum Gasteiger partial charge on any atom is 0.328 e. The van der Waals surface area contributed by atoms with E-state index in [-0.39, 0.29) is 18.6 Å². The lowest BCUT2D eigenvalue weighted by Gasteiger charge is -2.28. The van der Waals surface area contributed by atoms with Gasteiger partial charge in [0.2, 0.25) is 47.3 Å². The van der Waals surface area contributed by atoms with Gasteiger partial charge < -0.3 is 79.3 Å². The van der Waals surface area contributed by atoms with E-state index in [1.54, 1.807) is 13.8 Å². The first-order chi connectivity index (χ1) is 28.6. The first-order valence-corrected chi connectivity index (χ1v) is 18.8. The van der Waals surface area contributed by atoms with Gasteiger partial charge in [0.05, 0.1) is 32.3 Å². The fraction of sp³-hybridized carbons (Fsp3) is 0.556. The van der Waals surface area contributed by atoms with E-state index in [1.165, 1.54) is 24.3 Å². The summed E-state index contributed by atoms with van der Waals surface area (Å²) >= 11 is 0. The molecule has 1 aromatic carbocycles. The lowest BCUT2D eigenvalue weighted by molar-refractivity contribution is -0.143. The van der Waals surface area contributed by atoms with Crippen molar-refractivity contribution in [2.24, 2.45) is 17.4 Å². The third kappa shape index (κ3) is 18.2. The molecule has 61 heavy (non-hydrogen) atoms. The SMILES string of the molecule is CC[C@H](C)[C@H](NC(=O)[C@@H](N)CCC(=O)O)C(=O)N[C@@H](CC(N)=O)C(=O)N[C@@H](CO)C(=O)N[C@@H](C)C(=O)N[C@@H](Cc1ccc(O)cc1)C(=O)N[C@@H](CO)C(=O)N[C@@H](CO)C(=O)O. The molecule has 0 fully saturated rings. The number of phenolic OH excluding ortho intramolecular Hbond substituents is 1. The molecule has 25 heteroatoms. The third-order valence-electron chi connectivity index (χ3n) is 9.03. The summed E-state index contributed by atoms with van der Waals surface area (Å²) in [6, 6.07) is -7.50. The largest absolute Gasteiger partial charge is 0.508 e. The van der Waals surface area contributed by atoms with Crippen LogP contribution in [0.25, 0.3) is 0 Å². The number of carbonyl (C=O) groups is 10. The Morgan fingerprint density at radius 2 is 1.07 bits per heavy atom. The van der Waals surface area contributed by atoms with E-state index in [2.05, 4.69) is 31.9 Å². The smallest absolute Gasteiger partial charge is 0.328 e. The number of rotatable bonds is 27. The fourth-order valence-corrected chi connectivity index (χ4v) is 5.19. The van der Waals surface area contributed by atoms with Gasteiger partial charge in [0.25, 0.3) is 0 Å². The van der Waals surface area contributed by atoms with Gasteiger partial charge in [-0.15, -0.1) is 0 Å². The van der Waals surface area contributed by atoms with Gasteiger partial charge in [-0.3, -0.25) is 43.2 Å². The van der Waals surface area contributed by atoms with Gasteiger partial charge in [-0.2, -0.15) is 0 Å². The Bertz CT molecular complexity index is 1730. The fourth-order valence-electron chi connectivity index (χ4n) is 5.19. The number of carboxylic acids is 2. The van der Waals surface area contributed by atoms with Crippen molar-refractivity contribution in [2.75, 3.05) is 19.8 Å². The lowest BCUT2D eigenvalue weighted by atomic mass is 9.97. The van der Waals surface area contributed by atoms with E-state index in [0.29, 0.717) is 12.0 Å². The predicted molar refractivity (Wildman–Crippen MR) is 208 cm³/mol. The third-order valence-corrected chi connectivity index (χ3v) is 9.03. The van der Waals surface area contributed by atoms with Gasteiger partial charge >= 0.3 is 11.9 Å². The number of hydrogen-bond acceptors (Lipinski definition) is 15. The Balaban J connectivity index is 3.18. The van der Waals surface area contributed by atoms with E-state index in [4.69, 9.17) is 21.7 Å². The van der Waals surface area contributed by atoms with Crippen molar-refractivity contribution in [1.82, 2.24) is 37.2 Å². The summed E-state index contributed by atoms with van der Waals surface area (Å²) in [5.74, 6) is -12.1. The average molecular weight is 870 g/mol. The van der Waals surface area contributed by atoms with Crippen LogP contribution in [0.5, 0.6) is 5.75 Å². The second kappa shape index (κ2) is 25.9. The molecule has 0 saturated carbocycles. The Morgan fingerprint density at radius 1 is 0.607 bits per heavy atom. The van der Waals surface area contributed by atoms with E-state index in [1.807, 2.05) is 5.32 Å². The molecule has 1 aromatic rings. The number of nitrogens with one attached hydrogen (secondary N) is 7. The highest BCUT2D eigenvalue weighted by Gasteiger charge is 2.35. The Morgan fingerprint density at radius 3 is 1.54 bits per heavy atom. The summed E-state index contributed by atoms with van der Waals surface area (Å²) < 4.78 is 0. The van der Waals surface area contributed by atoms with Crippen LogP contribution in [0.4, 0.5) is 0 Å². The standard InChI is InChI=1S/C36H55N9O16/c1-4-16(2)28(45-30(54)20(37)9-10-27(51)52)35(59)41-22(12-26(38)50)32(56)42-23(13-46)33(57)39-17(3)29(53)40-21(11-18-5-7-19(49)8-6-18)31(55)43-24(14-47)34(58)44-25(15-48)36(60)61/h5-8,16-17,20-25,28,46-49H,4,9-15,37H2,1-3H3,(H2,38,50)(H,39,57)(H,40,53)(H,41,59)(H,42,56)(H,43,55)(H,44,58)(H,45,54)(H,51,52)(H,60,61)/t16-,17-,20-,21-,22-,23-,24-,25-,28-/m0/s1. The molecule has 0 spiro atoms. The second-order valence-electron chi connectivity index (χ2n) is 13.9. The van der Waals surface area contributed by atoms with Crippen LogP contribution in [0.3, 0.4) is 0 Å². The molecule has 0 aliphatic rings. The minimum absolute atomic E-state index is 0.136. The molecule has 1 rings (SSSR count). The molecule has 0 radical (unpaired) electrons. The molecular weight excluding hydrogens is 814 g/mol. The molecule has 0 heterocycles. The van der Waals surface area contributed by atoms with Crippen molar-refractivity contribution in [3.8, 4) is 5.75 Å². The first-order valence-electron chi connectivity index (χ1n) is 18.8. The van der Waals surface area contributed by atoms with Crippen molar-refractivity contribution in [2.45, 2.75) is 101 Å². The van der Waals surface area contributed by atoms with Crippen molar-refractivity contribution in [3.63, 3.8) is 0 Å². The van der Waals surface area contributed by atoms with Crippen molar-refractivity contribution < 1.29 is 78.6 Å². The van der Waals surface area contributed by atoms with Crippen molar-refractivity contribution >= 4 is 59.2 Å². The van der Waals surface area contributed by atoms with Crippen molar-refractivity contribution in [3.05, 3.63) is 29.8 Å². The number of carbonyl (C=O) groups excluding carboxylic acids is 8. The molecule has 0 aromatic heterocycles. The van der Waals surface area contributed by atoms with E-state index < -0.39 is 146 Å². The topological polar surface area (TPSA) is 428 Å². The van der Waals surface area contributed by atoms with Gasteiger partial charge in [-0.25, -0.2) is 4.79 Å². The van der Waals surface area contributed by atoms with Crippen LogP contribution in [-0.2, 0) is 54.4 Å². The molecule has 340 valence electrons. The number of phenols is 1. The predicted octanol–water partition coefficient (Wildman–Crippen LogP) is -6.48. The van der Waals surface area contributed by atoms with Crippen LogP contribution in [0.15, 0.2) is 24.3 Å².